The summed E-state index contributed by atoms with van der Waals surface area (Å²) in [5, 5.41) is 3.33. The van der Waals surface area contributed by atoms with Crippen molar-refractivity contribution in [3.05, 3.63) is 42.4 Å². The van der Waals surface area contributed by atoms with E-state index in [0.717, 1.165) is 44.7 Å². The van der Waals surface area contributed by atoms with Gasteiger partial charge in [0.1, 0.15) is 0 Å². The molecule has 0 radical (unpaired) electrons. The van der Waals surface area contributed by atoms with Crippen molar-refractivity contribution >= 4 is 11.6 Å². The zero-order valence-electron chi connectivity index (χ0n) is 14.2. The van der Waals surface area contributed by atoms with E-state index < -0.39 is 0 Å². The van der Waals surface area contributed by atoms with E-state index in [9.17, 15) is 4.79 Å². The van der Waals surface area contributed by atoms with Gasteiger partial charge in [-0.3, -0.25) is 9.78 Å². The molecule has 25 heavy (non-hydrogen) atoms. The Hall–Kier alpha value is -2.41. The molecule has 2 aliphatic heterocycles. The molecular formula is C18H23N5O2. The Morgan fingerprint density at radius 2 is 1.84 bits per heavy atom. The lowest BCUT2D eigenvalue weighted by Gasteiger charge is -2.35. The van der Waals surface area contributed by atoms with Crippen LogP contribution >= 0.6 is 0 Å². The van der Waals surface area contributed by atoms with Crippen molar-refractivity contribution < 1.29 is 9.21 Å². The number of carbonyl (C=O) groups is 1. The number of pyridine rings is 1. The van der Waals surface area contributed by atoms with E-state index in [1.807, 2.05) is 17.0 Å². The minimum absolute atomic E-state index is 0.0536. The fourth-order valence-corrected chi connectivity index (χ4v) is 3.52. The van der Waals surface area contributed by atoms with Crippen LogP contribution in [-0.2, 0) is 0 Å². The van der Waals surface area contributed by atoms with Crippen LogP contribution in [0, 0.1) is 0 Å². The van der Waals surface area contributed by atoms with Crippen molar-refractivity contribution in [1.29, 1.82) is 0 Å². The standard InChI is InChI=1S/C18H23N5O2/c24-18(16-13-21-17(25-16)14-1-5-19-6-2-14)23-11-9-22(10-12-23)15-3-7-20-8-4-15/h3-4,7-8,13-14,19H,1-2,5-6,9-12H2. The van der Waals surface area contributed by atoms with E-state index in [4.69, 9.17) is 4.42 Å². The molecule has 2 aromatic rings. The SMILES string of the molecule is O=C(c1cnc(C2CCNCC2)o1)N1CCN(c2ccncc2)CC1. The Morgan fingerprint density at radius 3 is 2.56 bits per heavy atom. The van der Waals surface area contributed by atoms with Crippen LogP contribution in [0.15, 0.2) is 35.1 Å². The number of hydrogen-bond donors (Lipinski definition) is 1. The molecule has 2 fully saturated rings. The van der Waals surface area contributed by atoms with Crippen molar-refractivity contribution in [2.75, 3.05) is 44.2 Å². The number of rotatable bonds is 3. The second-order valence-corrected chi connectivity index (χ2v) is 6.57. The summed E-state index contributed by atoms with van der Waals surface area (Å²) >= 11 is 0. The van der Waals surface area contributed by atoms with Gasteiger partial charge in [-0.15, -0.1) is 0 Å². The molecule has 1 N–H and O–H groups in total. The zero-order chi connectivity index (χ0) is 17.1. The number of carbonyl (C=O) groups excluding carboxylic acids is 1. The van der Waals surface area contributed by atoms with Crippen LogP contribution in [0.25, 0.3) is 0 Å². The highest BCUT2D eigenvalue weighted by Gasteiger charge is 2.27. The van der Waals surface area contributed by atoms with E-state index >= 15 is 0 Å². The first kappa shape index (κ1) is 16.1. The molecule has 0 aliphatic carbocycles. The van der Waals surface area contributed by atoms with Crippen molar-refractivity contribution in [2.45, 2.75) is 18.8 Å². The summed E-state index contributed by atoms with van der Waals surface area (Å²) in [5.41, 5.74) is 1.15. The predicted octanol–water partition coefficient (Wildman–Crippen LogP) is 1.50. The first-order valence-corrected chi connectivity index (χ1v) is 8.92. The van der Waals surface area contributed by atoms with Gasteiger partial charge in [0.25, 0.3) is 5.91 Å². The van der Waals surface area contributed by atoms with Crippen LogP contribution < -0.4 is 10.2 Å². The maximum absolute atomic E-state index is 12.7. The van der Waals surface area contributed by atoms with Crippen LogP contribution in [0.2, 0.25) is 0 Å². The molecule has 0 atom stereocenters. The van der Waals surface area contributed by atoms with Crippen LogP contribution in [0.5, 0.6) is 0 Å². The van der Waals surface area contributed by atoms with Gasteiger partial charge in [0.15, 0.2) is 5.89 Å². The van der Waals surface area contributed by atoms with Crippen LogP contribution in [0.4, 0.5) is 5.69 Å². The number of piperidine rings is 1. The summed E-state index contributed by atoms with van der Waals surface area (Å²) in [6, 6.07) is 4.00. The minimum Gasteiger partial charge on any atom is -0.435 e. The zero-order valence-corrected chi connectivity index (χ0v) is 14.2. The molecule has 0 bridgehead atoms. The Balaban J connectivity index is 1.37. The van der Waals surface area contributed by atoms with Gasteiger partial charge in [-0.2, -0.15) is 0 Å². The largest absolute Gasteiger partial charge is 0.435 e. The molecule has 0 aromatic carbocycles. The summed E-state index contributed by atoms with van der Waals surface area (Å²) in [6.07, 6.45) is 7.21. The van der Waals surface area contributed by atoms with Gasteiger partial charge >= 0.3 is 0 Å². The van der Waals surface area contributed by atoms with Crippen molar-refractivity contribution in [1.82, 2.24) is 20.2 Å². The lowest BCUT2D eigenvalue weighted by atomic mass is 9.98. The van der Waals surface area contributed by atoms with Crippen LogP contribution in [-0.4, -0.2) is 60.0 Å². The van der Waals surface area contributed by atoms with E-state index in [1.165, 1.54) is 0 Å². The number of amides is 1. The number of piperazine rings is 1. The molecule has 7 heteroatoms. The Bertz CT molecular complexity index is 703. The highest BCUT2D eigenvalue weighted by atomic mass is 16.4. The number of anilines is 1. The Morgan fingerprint density at radius 1 is 1.12 bits per heavy atom. The number of oxazole rings is 1. The Labute approximate surface area is 147 Å². The summed E-state index contributed by atoms with van der Waals surface area (Å²) in [6.45, 7) is 4.95. The van der Waals surface area contributed by atoms with E-state index in [1.54, 1.807) is 18.6 Å². The smallest absolute Gasteiger partial charge is 0.291 e. The molecule has 4 rings (SSSR count). The average molecular weight is 341 g/mol. The van der Waals surface area contributed by atoms with Gasteiger partial charge in [-0.1, -0.05) is 0 Å². The predicted molar refractivity (Wildman–Crippen MR) is 93.7 cm³/mol. The molecule has 2 aromatic heterocycles. The quantitative estimate of drug-likeness (QED) is 0.912. The molecular weight excluding hydrogens is 318 g/mol. The summed E-state index contributed by atoms with van der Waals surface area (Å²) < 4.78 is 5.80. The van der Waals surface area contributed by atoms with Gasteiger partial charge in [0.05, 0.1) is 6.20 Å². The number of aromatic nitrogens is 2. The first-order valence-electron chi connectivity index (χ1n) is 8.92. The van der Waals surface area contributed by atoms with E-state index in [-0.39, 0.29) is 5.91 Å². The maximum Gasteiger partial charge on any atom is 0.291 e. The van der Waals surface area contributed by atoms with Crippen molar-refractivity contribution in [3.8, 4) is 0 Å². The number of nitrogens with one attached hydrogen (secondary N) is 1. The first-order chi connectivity index (χ1) is 12.3. The monoisotopic (exact) mass is 341 g/mol. The third-order valence-electron chi connectivity index (χ3n) is 5.02. The van der Waals surface area contributed by atoms with E-state index in [0.29, 0.717) is 30.7 Å². The van der Waals surface area contributed by atoms with Crippen LogP contribution in [0.1, 0.15) is 35.2 Å². The molecule has 0 saturated carbocycles. The number of nitrogens with zero attached hydrogens (tertiary/aromatic N) is 4. The molecule has 0 unspecified atom stereocenters. The average Bonchev–Trinajstić information content (AvgIpc) is 3.19. The highest BCUT2D eigenvalue weighted by Crippen LogP contribution is 2.25. The topological polar surface area (TPSA) is 74.5 Å². The van der Waals surface area contributed by atoms with Gasteiger partial charge in [0.2, 0.25) is 5.76 Å². The highest BCUT2D eigenvalue weighted by molar-refractivity contribution is 5.91. The number of hydrogen-bond acceptors (Lipinski definition) is 6. The summed E-state index contributed by atoms with van der Waals surface area (Å²) in [4.78, 5) is 25.2. The van der Waals surface area contributed by atoms with Crippen molar-refractivity contribution in [3.63, 3.8) is 0 Å². The Kier molecular flexibility index (Phi) is 4.65. The maximum atomic E-state index is 12.7. The fourth-order valence-electron chi connectivity index (χ4n) is 3.52. The molecule has 0 spiro atoms. The lowest BCUT2D eigenvalue weighted by Crippen LogP contribution is -2.48. The second kappa shape index (κ2) is 7.23. The molecule has 2 saturated heterocycles. The second-order valence-electron chi connectivity index (χ2n) is 6.57. The third-order valence-corrected chi connectivity index (χ3v) is 5.02. The normalized spacial score (nSPS) is 19.2. The van der Waals surface area contributed by atoms with E-state index in [2.05, 4.69) is 20.2 Å². The van der Waals surface area contributed by atoms with Gasteiger partial charge in [-0.25, -0.2) is 4.98 Å². The third kappa shape index (κ3) is 3.51. The molecule has 1 amide bonds. The van der Waals surface area contributed by atoms with Gasteiger partial charge in [-0.05, 0) is 38.1 Å². The fraction of sp³-hybridized carbons (Fsp3) is 0.500. The van der Waals surface area contributed by atoms with Gasteiger partial charge < -0.3 is 19.5 Å². The summed E-state index contributed by atoms with van der Waals surface area (Å²) in [7, 11) is 0. The molecule has 7 nitrogen and oxygen atoms in total. The van der Waals surface area contributed by atoms with Crippen LogP contribution in [0.3, 0.4) is 0 Å². The summed E-state index contributed by atoms with van der Waals surface area (Å²) in [5.74, 6) is 1.35. The molecule has 132 valence electrons. The van der Waals surface area contributed by atoms with Crippen molar-refractivity contribution in [2.24, 2.45) is 0 Å². The minimum atomic E-state index is -0.0536. The lowest BCUT2D eigenvalue weighted by molar-refractivity contribution is 0.0711. The molecule has 2 aliphatic rings. The molecule has 4 heterocycles. The van der Waals surface area contributed by atoms with Gasteiger partial charge in [0, 0.05) is 50.2 Å².